The minimum atomic E-state index is -0.734. The largest absolute Gasteiger partial charge is 0.481 e. The number of piperidine rings is 1. The fourth-order valence-corrected chi connectivity index (χ4v) is 6.71. The molecule has 5 atom stereocenters. The minimum Gasteiger partial charge on any atom is -0.481 e. The predicted molar refractivity (Wildman–Crippen MR) is 129 cm³/mol. The first-order chi connectivity index (χ1) is 17.0. The van der Waals surface area contributed by atoms with E-state index in [2.05, 4.69) is 29.6 Å². The van der Waals surface area contributed by atoms with Crippen LogP contribution in [0.2, 0.25) is 0 Å². The molecule has 0 radical (unpaired) electrons. The van der Waals surface area contributed by atoms with Crippen LogP contribution in [-0.4, -0.2) is 53.7 Å². The van der Waals surface area contributed by atoms with Gasteiger partial charge in [-0.1, -0.05) is 48.5 Å². The Morgan fingerprint density at radius 3 is 2.31 bits per heavy atom. The van der Waals surface area contributed by atoms with Crippen molar-refractivity contribution in [1.82, 2.24) is 10.2 Å². The van der Waals surface area contributed by atoms with Gasteiger partial charge in [-0.25, -0.2) is 4.79 Å². The number of amides is 2. The third-order valence-electron chi connectivity index (χ3n) is 8.54. The van der Waals surface area contributed by atoms with E-state index in [9.17, 15) is 19.5 Å². The summed E-state index contributed by atoms with van der Waals surface area (Å²) in [4.78, 5) is 38.8. The first-order valence-corrected chi connectivity index (χ1v) is 12.6. The molecule has 0 spiro atoms. The molecule has 0 bridgehead atoms. The average Bonchev–Trinajstić information content (AvgIpc) is 3.26. The third kappa shape index (κ3) is 3.97. The number of carbonyl (C=O) groups excluding carboxylic acids is 2. The summed E-state index contributed by atoms with van der Waals surface area (Å²) >= 11 is 0. The lowest BCUT2D eigenvalue weighted by Crippen LogP contribution is -2.41. The fourth-order valence-electron chi connectivity index (χ4n) is 6.71. The molecule has 4 aliphatic rings. The number of nitrogens with zero attached hydrogens (tertiary/aromatic N) is 1. The zero-order chi connectivity index (χ0) is 24.1. The number of carbonyl (C=O) groups is 3. The van der Waals surface area contributed by atoms with E-state index in [1.807, 2.05) is 29.2 Å². The Morgan fingerprint density at radius 2 is 1.63 bits per heavy atom. The van der Waals surface area contributed by atoms with Gasteiger partial charge >= 0.3 is 12.1 Å². The van der Waals surface area contributed by atoms with Gasteiger partial charge in [-0.05, 0) is 59.8 Å². The molecule has 2 aromatic carbocycles. The number of aliphatic carboxylic acids is 1. The van der Waals surface area contributed by atoms with Crippen molar-refractivity contribution in [3.63, 3.8) is 0 Å². The van der Waals surface area contributed by atoms with Crippen molar-refractivity contribution in [2.75, 3.05) is 19.7 Å². The number of ether oxygens (including phenoxy) is 1. The van der Waals surface area contributed by atoms with E-state index in [0.29, 0.717) is 19.5 Å². The Labute approximate surface area is 204 Å². The molecule has 1 heterocycles. The number of nitrogens with one attached hydrogen (secondary N) is 1. The number of rotatable bonds is 5. The maximum absolute atomic E-state index is 13.0. The molecule has 7 heteroatoms. The normalized spacial score (nSPS) is 28.6. The SMILES string of the molecule is O=C(N[C@H]1CC[C@@H](C(=O)N2CCC3C(C2)C3C(=O)O)C1)OCC1c2ccccc2-c2ccccc21. The number of fused-ring (bicyclic) bond motifs is 4. The summed E-state index contributed by atoms with van der Waals surface area (Å²) in [5, 5.41) is 12.3. The Balaban J connectivity index is 1.01. The molecule has 2 amide bonds. The smallest absolute Gasteiger partial charge is 0.407 e. The number of carboxylic acids is 1. The minimum absolute atomic E-state index is 0.0195. The van der Waals surface area contributed by atoms with Gasteiger partial charge < -0.3 is 20.1 Å². The van der Waals surface area contributed by atoms with Crippen LogP contribution in [-0.2, 0) is 14.3 Å². The van der Waals surface area contributed by atoms with Gasteiger partial charge in [-0.15, -0.1) is 0 Å². The number of likely N-dealkylation sites (tertiary alicyclic amines) is 1. The summed E-state index contributed by atoms with van der Waals surface area (Å²) < 4.78 is 5.67. The van der Waals surface area contributed by atoms with E-state index >= 15 is 0 Å². The average molecular weight is 475 g/mol. The molecule has 6 rings (SSSR count). The van der Waals surface area contributed by atoms with Crippen molar-refractivity contribution < 1.29 is 24.2 Å². The highest BCUT2D eigenvalue weighted by Gasteiger charge is 2.57. The second kappa shape index (κ2) is 8.70. The van der Waals surface area contributed by atoms with Gasteiger partial charge in [0, 0.05) is 31.0 Å². The molecule has 3 unspecified atom stereocenters. The van der Waals surface area contributed by atoms with E-state index in [1.165, 1.54) is 22.3 Å². The number of hydrogen-bond donors (Lipinski definition) is 2. The van der Waals surface area contributed by atoms with E-state index < -0.39 is 12.1 Å². The molecule has 0 aromatic heterocycles. The van der Waals surface area contributed by atoms with Crippen molar-refractivity contribution >= 4 is 18.0 Å². The highest BCUT2D eigenvalue weighted by atomic mass is 16.5. The van der Waals surface area contributed by atoms with E-state index in [4.69, 9.17) is 4.74 Å². The van der Waals surface area contributed by atoms with E-state index in [1.54, 1.807) is 0 Å². The number of hydrogen-bond acceptors (Lipinski definition) is 4. The fraction of sp³-hybridized carbons (Fsp3) is 0.464. The molecular formula is C28H30N2O5. The molecule has 3 aliphatic carbocycles. The molecule has 35 heavy (non-hydrogen) atoms. The summed E-state index contributed by atoms with van der Waals surface area (Å²) in [6.45, 7) is 1.47. The van der Waals surface area contributed by atoms with Crippen LogP contribution in [0.1, 0.15) is 42.7 Å². The van der Waals surface area contributed by atoms with Crippen LogP contribution in [0.3, 0.4) is 0 Å². The van der Waals surface area contributed by atoms with Gasteiger partial charge in [0.1, 0.15) is 6.61 Å². The maximum atomic E-state index is 13.0. The van der Waals surface area contributed by atoms with E-state index in [-0.39, 0.29) is 48.1 Å². The summed E-state index contributed by atoms with van der Waals surface area (Å²) in [7, 11) is 0. The van der Waals surface area contributed by atoms with Crippen LogP contribution in [0.5, 0.6) is 0 Å². The van der Waals surface area contributed by atoms with Crippen LogP contribution < -0.4 is 5.32 Å². The molecular weight excluding hydrogens is 444 g/mol. The molecule has 7 nitrogen and oxygen atoms in total. The Bertz CT molecular complexity index is 1130. The standard InChI is InChI=1S/C28H30N2O5/c31-26(30-12-11-22-23(14-30)25(22)27(32)33)16-9-10-17(13-16)29-28(34)35-15-24-20-7-3-1-5-18(20)19-6-2-4-8-21(19)24/h1-8,16-17,22-25H,9-15H2,(H,29,34)(H,32,33)/t16-,17+,22?,23?,25?/m1/s1. The molecule has 1 saturated heterocycles. The second-order valence-electron chi connectivity index (χ2n) is 10.4. The summed E-state index contributed by atoms with van der Waals surface area (Å²) in [5.41, 5.74) is 4.74. The first-order valence-electron chi connectivity index (χ1n) is 12.6. The second-order valence-corrected chi connectivity index (χ2v) is 10.4. The van der Waals surface area contributed by atoms with Gasteiger partial charge in [-0.3, -0.25) is 9.59 Å². The van der Waals surface area contributed by atoms with Crippen molar-refractivity contribution in [2.24, 2.45) is 23.7 Å². The number of benzene rings is 2. The summed E-state index contributed by atoms with van der Waals surface area (Å²) in [6.07, 6.45) is 2.43. The van der Waals surface area contributed by atoms with Gasteiger partial charge in [0.2, 0.25) is 5.91 Å². The molecule has 2 saturated carbocycles. The van der Waals surface area contributed by atoms with Gasteiger partial charge in [0.15, 0.2) is 0 Å². The molecule has 1 aliphatic heterocycles. The van der Waals surface area contributed by atoms with Crippen LogP contribution >= 0.6 is 0 Å². The van der Waals surface area contributed by atoms with Gasteiger partial charge in [0.05, 0.1) is 5.92 Å². The quantitative estimate of drug-likeness (QED) is 0.686. The highest BCUT2D eigenvalue weighted by Crippen LogP contribution is 2.52. The van der Waals surface area contributed by atoms with Crippen LogP contribution in [0, 0.1) is 23.7 Å². The van der Waals surface area contributed by atoms with Gasteiger partial charge in [-0.2, -0.15) is 0 Å². The van der Waals surface area contributed by atoms with Crippen molar-refractivity contribution in [1.29, 1.82) is 0 Å². The Kier molecular flexibility index (Phi) is 5.50. The molecule has 2 N–H and O–H groups in total. The summed E-state index contributed by atoms with van der Waals surface area (Å²) in [5.74, 6) is -0.652. The van der Waals surface area contributed by atoms with Crippen molar-refractivity contribution in [3.8, 4) is 11.1 Å². The zero-order valence-electron chi connectivity index (χ0n) is 19.6. The third-order valence-corrected chi connectivity index (χ3v) is 8.54. The Morgan fingerprint density at radius 1 is 0.943 bits per heavy atom. The number of carboxylic acid groups (broad SMARTS) is 1. The lowest BCUT2D eigenvalue weighted by molar-refractivity contribution is -0.140. The highest BCUT2D eigenvalue weighted by molar-refractivity contribution is 5.81. The molecule has 3 fully saturated rings. The van der Waals surface area contributed by atoms with Crippen LogP contribution in [0.4, 0.5) is 4.79 Å². The van der Waals surface area contributed by atoms with Crippen LogP contribution in [0.25, 0.3) is 11.1 Å². The Hall–Kier alpha value is -3.35. The van der Waals surface area contributed by atoms with Crippen molar-refractivity contribution in [3.05, 3.63) is 59.7 Å². The first kappa shape index (κ1) is 22.1. The lowest BCUT2D eigenvalue weighted by atomic mass is 9.98. The lowest BCUT2D eigenvalue weighted by Gasteiger charge is -2.28. The molecule has 182 valence electrons. The molecule has 2 aromatic rings. The maximum Gasteiger partial charge on any atom is 0.407 e. The van der Waals surface area contributed by atoms with Crippen molar-refractivity contribution in [2.45, 2.75) is 37.6 Å². The van der Waals surface area contributed by atoms with Crippen LogP contribution in [0.15, 0.2) is 48.5 Å². The zero-order valence-corrected chi connectivity index (χ0v) is 19.6. The number of alkyl carbamates (subject to hydrolysis) is 1. The monoisotopic (exact) mass is 474 g/mol. The topological polar surface area (TPSA) is 95.9 Å². The predicted octanol–water partition coefficient (Wildman–Crippen LogP) is 3.87. The summed E-state index contributed by atoms with van der Waals surface area (Å²) in [6, 6.07) is 16.4. The van der Waals surface area contributed by atoms with Gasteiger partial charge in [0.25, 0.3) is 0 Å². The van der Waals surface area contributed by atoms with E-state index in [0.717, 1.165) is 19.3 Å².